The number of aromatic nitrogens is 1. The van der Waals surface area contributed by atoms with E-state index in [0.29, 0.717) is 18.7 Å². The zero-order valence-corrected chi connectivity index (χ0v) is 13.0. The third kappa shape index (κ3) is 4.55. The molecule has 0 aliphatic heterocycles. The van der Waals surface area contributed by atoms with Gasteiger partial charge in [0.25, 0.3) is 5.91 Å². The molecule has 0 spiro atoms. The van der Waals surface area contributed by atoms with E-state index in [9.17, 15) is 4.79 Å². The smallest absolute Gasteiger partial charge is 0.256 e. The third-order valence-corrected chi connectivity index (χ3v) is 3.00. The van der Waals surface area contributed by atoms with Gasteiger partial charge in [-0.2, -0.15) is 0 Å². The van der Waals surface area contributed by atoms with E-state index in [1.807, 2.05) is 13.8 Å². The Hall–Kier alpha value is -0.650. The van der Waals surface area contributed by atoms with Gasteiger partial charge in [-0.15, -0.1) is 0 Å². The highest BCUT2D eigenvalue weighted by molar-refractivity contribution is 9.10. The molecule has 100 valence electrons. The summed E-state index contributed by atoms with van der Waals surface area (Å²) in [4.78, 5) is 17.6. The summed E-state index contributed by atoms with van der Waals surface area (Å²) >= 11 is 9.18. The second-order valence-corrected chi connectivity index (χ2v) is 5.41. The number of ether oxygens (including phenoxy) is 1. The summed E-state index contributed by atoms with van der Waals surface area (Å²) in [5.74, 6) is -0.166. The maximum Gasteiger partial charge on any atom is 0.256 e. The molecule has 18 heavy (non-hydrogen) atoms. The van der Waals surface area contributed by atoms with Crippen LogP contribution in [0.25, 0.3) is 0 Å². The van der Waals surface area contributed by atoms with E-state index in [1.54, 1.807) is 24.2 Å². The van der Waals surface area contributed by atoms with Gasteiger partial charge in [0.15, 0.2) is 0 Å². The molecule has 0 N–H and O–H groups in total. The quantitative estimate of drug-likeness (QED) is 0.777. The SMILES string of the molecule is CC(C)OCCN(C)C(=O)c1cc(Br)cnc1Cl. The molecule has 0 bridgehead atoms. The second kappa shape index (κ2) is 7.07. The average molecular weight is 336 g/mol. The summed E-state index contributed by atoms with van der Waals surface area (Å²) < 4.78 is 6.12. The van der Waals surface area contributed by atoms with Crippen molar-refractivity contribution in [3.05, 3.63) is 27.5 Å². The summed E-state index contributed by atoms with van der Waals surface area (Å²) in [5.41, 5.74) is 0.387. The first-order valence-electron chi connectivity index (χ1n) is 5.60. The molecule has 1 rings (SSSR count). The Morgan fingerprint density at radius 1 is 1.61 bits per heavy atom. The molecule has 0 unspecified atom stereocenters. The molecule has 0 fully saturated rings. The number of carbonyl (C=O) groups is 1. The molecule has 0 aliphatic carbocycles. The second-order valence-electron chi connectivity index (χ2n) is 4.14. The molecule has 0 aliphatic rings. The lowest BCUT2D eigenvalue weighted by molar-refractivity contribution is 0.0532. The Bertz CT molecular complexity index is 427. The van der Waals surface area contributed by atoms with Crippen LogP contribution in [-0.2, 0) is 4.74 Å². The molecule has 1 aromatic rings. The van der Waals surface area contributed by atoms with E-state index in [1.165, 1.54) is 0 Å². The number of halogens is 2. The Kier molecular flexibility index (Phi) is 6.05. The van der Waals surface area contributed by atoms with Gasteiger partial charge in [-0.3, -0.25) is 4.79 Å². The lowest BCUT2D eigenvalue weighted by atomic mass is 10.2. The van der Waals surface area contributed by atoms with Crippen molar-refractivity contribution < 1.29 is 9.53 Å². The largest absolute Gasteiger partial charge is 0.377 e. The van der Waals surface area contributed by atoms with E-state index >= 15 is 0 Å². The lowest BCUT2D eigenvalue weighted by Crippen LogP contribution is -2.31. The molecule has 1 amide bonds. The van der Waals surface area contributed by atoms with Crippen molar-refractivity contribution in [2.75, 3.05) is 20.2 Å². The van der Waals surface area contributed by atoms with Gasteiger partial charge >= 0.3 is 0 Å². The molecule has 0 radical (unpaired) electrons. The van der Waals surface area contributed by atoms with Crippen molar-refractivity contribution in [3.63, 3.8) is 0 Å². The lowest BCUT2D eigenvalue weighted by Gasteiger charge is -2.18. The number of amides is 1. The molecule has 4 nitrogen and oxygen atoms in total. The van der Waals surface area contributed by atoms with Crippen molar-refractivity contribution in [2.45, 2.75) is 20.0 Å². The van der Waals surface area contributed by atoms with Crippen LogP contribution in [0.4, 0.5) is 0 Å². The van der Waals surface area contributed by atoms with Crippen molar-refractivity contribution in [1.29, 1.82) is 0 Å². The van der Waals surface area contributed by atoms with E-state index in [0.717, 1.165) is 4.47 Å². The van der Waals surface area contributed by atoms with Crippen molar-refractivity contribution in [2.24, 2.45) is 0 Å². The van der Waals surface area contributed by atoms with Crippen molar-refractivity contribution in [3.8, 4) is 0 Å². The summed E-state index contributed by atoms with van der Waals surface area (Å²) in [6, 6.07) is 1.66. The van der Waals surface area contributed by atoms with Crippen LogP contribution < -0.4 is 0 Å². The minimum atomic E-state index is -0.166. The molecule has 0 saturated carbocycles. The standard InChI is InChI=1S/C12H16BrClN2O2/c1-8(2)18-5-4-16(3)12(17)10-6-9(13)7-15-11(10)14/h6-8H,4-5H2,1-3H3. The number of nitrogens with zero attached hydrogens (tertiary/aromatic N) is 2. The van der Waals surface area contributed by atoms with Gasteiger partial charge < -0.3 is 9.64 Å². The van der Waals surface area contributed by atoms with Crippen LogP contribution in [0.15, 0.2) is 16.7 Å². The molecule has 0 aromatic carbocycles. The van der Waals surface area contributed by atoms with Gasteiger partial charge in [0.2, 0.25) is 0 Å². The number of carbonyl (C=O) groups excluding carboxylic acids is 1. The molecular formula is C12H16BrClN2O2. The van der Waals surface area contributed by atoms with Gasteiger partial charge in [-0.05, 0) is 35.8 Å². The van der Waals surface area contributed by atoms with Gasteiger partial charge in [-0.25, -0.2) is 4.98 Å². The zero-order valence-electron chi connectivity index (χ0n) is 10.6. The molecule has 1 aromatic heterocycles. The van der Waals surface area contributed by atoms with E-state index in [2.05, 4.69) is 20.9 Å². The Morgan fingerprint density at radius 3 is 2.89 bits per heavy atom. The first-order valence-corrected chi connectivity index (χ1v) is 6.77. The fraction of sp³-hybridized carbons (Fsp3) is 0.500. The van der Waals surface area contributed by atoms with E-state index in [4.69, 9.17) is 16.3 Å². The molecule has 0 saturated heterocycles. The number of pyridine rings is 1. The van der Waals surface area contributed by atoms with Gasteiger partial charge in [0.1, 0.15) is 5.15 Å². The highest BCUT2D eigenvalue weighted by Crippen LogP contribution is 2.19. The Balaban J connectivity index is 2.65. The Morgan fingerprint density at radius 2 is 2.28 bits per heavy atom. The summed E-state index contributed by atoms with van der Waals surface area (Å²) in [6.07, 6.45) is 1.71. The number of rotatable bonds is 5. The van der Waals surface area contributed by atoms with Crippen LogP contribution in [0.5, 0.6) is 0 Å². The summed E-state index contributed by atoms with van der Waals surface area (Å²) in [6.45, 7) is 4.92. The molecule has 1 heterocycles. The molecule has 0 atom stereocenters. The van der Waals surface area contributed by atoms with Gasteiger partial charge in [-0.1, -0.05) is 11.6 Å². The topological polar surface area (TPSA) is 42.4 Å². The third-order valence-electron chi connectivity index (χ3n) is 2.26. The van der Waals surface area contributed by atoms with Crippen molar-refractivity contribution >= 4 is 33.4 Å². The van der Waals surface area contributed by atoms with Crippen LogP contribution in [0.1, 0.15) is 24.2 Å². The van der Waals surface area contributed by atoms with Gasteiger partial charge in [0, 0.05) is 24.3 Å². The monoisotopic (exact) mass is 334 g/mol. The van der Waals surface area contributed by atoms with E-state index < -0.39 is 0 Å². The zero-order chi connectivity index (χ0) is 13.7. The van der Waals surface area contributed by atoms with Crippen LogP contribution in [0, 0.1) is 0 Å². The van der Waals surface area contributed by atoms with Gasteiger partial charge in [0.05, 0.1) is 18.3 Å². The fourth-order valence-electron chi connectivity index (χ4n) is 1.31. The summed E-state index contributed by atoms with van der Waals surface area (Å²) in [5, 5.41) is 0.208. The summed E-state index contributed by atoms with van der Waals surface area (Å²) in [7, 11) is 1.71. The first-order chi connectivity index (χ1) is 8.41. The predicted octanol–water partition coefficient (Wildman–Crippen LogP) is 2.99. The van der Waals surface area contributed by atoms with Crippen LogP contribution in [0.3, 0.4) is 0 Å². The van der Waals surface area contributed by atoms with Crippen LogP contribution >= 0.6 is 27.5 Å². The van der Waals surface area contributed by atoms with E-state index in [-0.39, 0.29) is 17.2 Å². The minimum absolute atomic E-state index is 0.157. The number of likely N-dealkylation sites (N-methyl/N-ethyl adjacent to an activating group) is 1. The molecule has 6 heteroatoms. The normalized spacial score (nSPS) is 10.8. The van der Waals surface area contributed by atoms with Crippen molar-refractivity contribution in [1.82, 2.24) is 9.88 Å². The molecular weight excluding hydrogens is 320 g/mol. The fourth-order valence-corrected chi connectivity index (χ4v) is 1.82. The highest BCUT2D eigenvalue weighted by Gasteiger charge is 2.16. The maximum atomic E-state index is 12.1. The first kappa shape index (κ1) is 15.4. The number of hydrogen-bond acceptors (Lipinski definition) is 3. The number of hydrogen-bond donors (Lipinski definition) is 0. The highest BCUT2D eigenvalue weighted by atomic mass is 79.9. The van der Waals surface area contributed by atoms with Crippen LogP contribution in [-0.4, -0.2) is 42.1 Å². The minimum Gasteiger partial charge on any atom is -0.377 e. The Labute approximate surface area is 120 Å². The van der Waals surface area contributed by atoms with Crippen LogP contribution in [0.2, 0.25) is 5.15 Å². The predicted molar refractivity (Wildman–Crippen MR) is 75.0 cm³/mol. The maximum absolute atomic E-state index is 12.1. The average Bonchev–Trinajstić information content (AvgIpc) is 2.30.